The van der Waals surface area contributed by atoms with Gasteiger partial charge in [-0.3, -0.25) is 10.2 Å². The number of carbonyl (C=O) groups is 2. The monoisotopic (exact) mass is 393 g/mol. The van der Waals surface area contributed by atoms with Gasteiger partial charge in [0.2, 0.25) is 0 Å². The number of hydrogen-bond donors (Lipinski definition) is 1. The normalized spacial score (nSPS) is 9.77. The molecule has 1 N–H and O–H groups in total. The summed E-state index contributed by atoms with van der Waals surface area (Å²) in [6, 6.07) is 12.5. The molecule has 2 rings (SSSR count). The molecule has 0 saturated carbocycles. The molecule has 0 unspecified atom stereocenters. The van der Waals surface area contributed by atoms with E-state index in [0.29, 0.717) is 21.4 Å². The van der Waals surface area contributed by atoms with E-state index in [1.807, 2.05) is 6.07 Å². The molecule has 0 spiro atoms. The van der Waals surface area contributed by atoms with Crippen molar-refractivity contribution in [3.63, 3.8) is 0 Å². The molecular weight excluding hydrogens is 381 g/mol. The zero-order valence-corrected chi connectivity index (χ0v) is 15.0. The smallest absolute Gasteiger partial charge is 0.420 e. The maximum Gasteiger partial charge on any atom is 0.420 e. The van der Waals surface area contributed by atoms with E-state index < -0.39 is 12.2 Å². The van der Waals surface area contributed by atoms with E-state index in [4.69, 9.17) is 33.2 Å². The van der Waals surface area contributed by atoms with E-state index in [1.165, 1.54) is 37.4 Å². The lowest BCUT2D eigenvalue weighted by Gasteiger charge is -2.19. The minimum absolute atomic E-state index is 0.167. The number of nitrogens with zero attached hydrogens (tertiary/aromatic N) is 2. The summed E-state index contributed by atoms with van der Waals surface area (Å²) in [5.74, 6) is 0.167. The highest BCUT2D eigenvalue weighted by molar-refractivity contribution is 6.35. The Morgan fingerprint density at radius 3 is 2.50 bits per heavy atom. The van der Waals surface area contributed by atoms with Crippen molar-refractivity contribution in [3.8, 4) is 11.8 Å². The molecule has 26 heavy (non-hydrogen) atoms. The van der Waals surface area contributed by atoms with Crippen LogP contribution in [0.5, 0.6) is 5.75 Å². The molecule has 0 aliphatic rings. The van der Waals surface area contributed by atoms with Gasteiger partial charge in [-0.2, -0.15) is 5.26 Å². The van der Waals surface area contributed by atoms with Crippen LogP contribution in [0.25, 0.3) is 0 Å². The summed E-state index contributed by atoms with van der Waals surface area (Å²) in [6.45, 7) is -0.268. The lowest BCUT2D eigenvalue weighted by molar-refractivity contribution is 0.187. The molecule has 9 heteroatoms. The SMILES string of the molecule is COC(=O)Nc1cccc(OC(=O)N(CC#N)c2cc(Cl)cc(Cl)c2)c1. The molecule has 2 aromatic rings. The van der Waals surface area contributed by atoms with Gasteiger partial charge in [-0.25, -0.2) is 9.59 Å². The molecule has 0 fully saturated rings. The van der Waals surface area contributed by atoms with Crippen molar-refractivity contribution in [2.45, 2.75) is 0 Å². The minimum Gasteiger partial charge on any atom is -0.453 e. The Balaban J connectivity index is 2.21. The van der Waals surface area contributed by atoms with Crippen LogP contribution in [0.15, 0.2) is 42.5 Å². The number of carbonyl (C=O) groups excluding carboxylic acids is 2. The van der Waals surface area contributed by atoms with E-state index in [1.54, 1.807) is 12.1 Å². The van der Waals surface area contributed by atoms with Crippen molar-refractivity contribution in [2.75, 3.05) is 23.9 Å². The number of nitriles is 1. The highest BCUT2D eigenvalue weighted by Crippen LogP contribution is 2.26. The predicted molar refractivity (Wildman–Crippen MR) is 97.9 cm³/mol. The van der Waals surface area contributed by atoms with Crippen molar-refractivity contribution < 1.29 is 19.1 Å². The van der Waals surface area contributed by atoms with Crippen LogP contribution >= 0.6 is 23.2 Å². The first-order chi connectivity index (χ1) is 12.4. The van der Waals surface area contributed by atoms with Crippen molar-refractivity contribution in [3.05, 3.63) is 52.5 Å². The first-order valence-electron chi connectivity index (χ1n) is 7.20. The van der Waals surface area contributed by atoms with Crippen molar-refractivity contribution in [1.29, 1.82) is 5.26 Å². The predicted octanol–water partition coefficient (Wildman–Crippen LogP) is 4.70. The van der Waals surface area contributed by atoms with Gasteiger partial charge >= 0.3 is 12.2 Å². The van der Waals surface area contributed by atoms with Gasteiger partial charge in [-0.1, -0.05) is 29.3 Å². The molecule has 2 aromatic carbocycles. The lowest BCUT2D eigenvalue weighted by Crippen LogP contribution is -2.34. The van der Waals surface area contributed by atoms with Crippen LogP contribution in [0.3, 0.4) is 0 Å². The molecule has 0 atom stereocenters. The van der Waals surface area contributed by atoms with Gasteiger partial charge < -0.3 is 9.47 Å². The molecule has 134 valence electrons. The number of nitrogens with one attached hydrogen (secondary N) is 1. The molecule has 2 amide bonds. The second kappa shape index (κ2) is 8.94. The number of benzene rings is 2. The third kappa shape index (κ3) is 5.28. The Labute approximate surface area is 159 Å². The van der Waals surface area contributed by atoms with Gasteiger partial charge in [0.25, 0.3) is 0 Å². The van der Waals surface area contributed by atoms with Crippen LogP contribution in [-0.4, -0.2) is 25.8 Å². The standard InChI is InChI=1S/C17H13Cl2N3O4/c1-25-16(23)21-13-3-2-4-15(10-13)26-17(24)22(6-5-20)14-8-11(18)7-12(19)9-14/h2-4,7-10H,6H2,1H3,(H,21,23). The van der Waals surface area contributed by atoms with Crippen LogP contribution in [-0.2, 0) is 4.74 Å². The van der Waals surface area contributed by atoms with E-state index in [0.717, 1.165) is 4.90 Å². The molecule has 0 radical (unpaired) electrons. The molecule has 0 aromatic heterocycles. The zero-order valence-electron chi connectivity index (χ0n) is 13.5. The summed E-state index contributed by atoms with van der Waals surface area (Å²) in [4.78, 5) is 24.8. The summed E-state index contributed by atoms with van der Waals surface area (Å²) in [5, 5.41) is 12.1. The van der Waals surface area contributed by atoms with Crippen molar-refractivity contribution in [1.82, 2.24) is 0 Å². The Bertz CT molecular complexity index is 847. The molecule has 0 heterocycles. The van der Waals surface area contributed by atoms with Gasteiger partial charge in [0.15, 0.2) is 0 Å². The van der Waals surface area contributed by atoms with Gasteiger partial charge in [-0.05, 0) is 30.3 Å². The summed E-state index contributed by atoms with van der Waals surface area (Å²) < 4.78 is 9.78. The molecule has 7 nitrogen and oxygen atoms in total. The fraction of sp³-hybridized carbons (Fsp3) is 0.118. The number of methoxy groups -OCH3 is 1. The maximum absolute atomic E-state index is 12.5. The van der Waals surface area contributed by atoms with Crippen LogP contribution in [0.2, 0.25) is 10.0 Å². The van der Waals surface area contributed by atoms with Gasteiger partial charge in [0.1, 0.15) is 12.3 Å². The zero-order chi connectivity index (χ0) is 19.1. The van der Waals surface area contributed by atoms with Crippen LogP contribution < -0.4 is 15.0 Å². The van der Waals surface area contributed by atoms with E-state index in [9.17, 15) is 9.59 Å². The van der Waals surface area contributed by atoms with Gasteiger partial charge in [-0.15, -0.1) is 0 Å². The summed E-state index contributed by atoms with van der Waals surface area (Å²) in [7, 11) is 1.23. The van der Waals surface area contributed by atoms with Crippen LogP contribution in [0.4, 0.5) is 21.0 Å². The topological polar surface area (TPSA) is 91.7 Å². The number of anilines is 2. The van der Waals surface area contributed by atoms with Gasteiger partial charge in [0, 0.05) is 21.8 Å². The van der Waals surface area contributed by atoms with E-state index in [2.05, 4.69) is 10.1 Å². The van der Waals surface area contributed by atoms with Crippen molar-refractivity contribution >= 4 is 46.8 Å². The number of ether oxygens (including phenoxy) is 2. The number of hydrogen-bond acceptors (Lipinski definition) is 5. The van der Waals surface area contributed by atoms with Gasteiger partial charge in [0.05, 0.1) is 18.9 Å². The molecule has 0 aliphatic carbocycles. The Hall–Kier alpha value is -2.95. The molecular formula is C17H13Cl2N3O4. The third-order valence-corrected chi connectivity index (χ3v) is 3.52. The minimum atomic E-state index is -0.805. The quantitative estimate of drug-likeness (QED) is 0.759. The Kier molecular flexibility index (Phi) is 6.67. The number of rotatable bonds is 4. The fourth-order valence-corrected chi connectivity index (χ4v) is 2.50. The van der Waals surface area contributed by atoms with Crippen LogP contribution in [0.1, 0.15) is 0 Å². The molecule has 0 bridgehead atoms. The largest absolute Gasteiger partial charge is 0.453 e. The average Bonchev–Trinajstić information content (AvgIpc) is 2.58. The first kappa shape index (κ1) is 19.4. The first-order valence-corrected chi connectivity index (χ1v) is 7.96. The highest BCUT2D eigenvalue weighted by atomic mass is 35.5. The summed E-state index contributed by atoms with van der Waals surface area (Å²) >= 11 is 11.9. The van der Waals surface area contributed by atoms with Crippen molar-refractivity contribution in [2.24, 2.45) is 0 Å². The summed E-state index contributed by atoms with van der Waals surface area (Å²) in [5.41, 5.74) is 0.692. The Morgan fingerprint density at radius 1 is 1.19 bits per heavy atom. The number of halogens is 2. The maximum atomic E-state index is 12.5. The highest BCUT2D eigenvalue weighted by Gasteiger charge is 2.19. The Morgan fingerprint density at radius 2 is 1.88 bits per heavy atom. The average molecular weight is 394 g/mol. The second-order valence-electron chi connectivity index (χ2n) is 4.88. The van der Waals surface area contributed by atoms with Crippen LogP contribution in [0, 0.1) is 11.3 Å². The van der Waals surface area contributed by atoms with E-state index >= 15 is 0 Å². The lowest BCUT2D eigenvalue weighted by atomic mass is 10.3. The third-order valence-electron chi connectivity index (χ3n) is 3.08. The number of amides is 2. The second-order valence-corrected chi connectivity index (χ2v) is 5.76. The summed E-state index contributed by atoms with van der Waals surface area (Å²) in [6.07, 6.45) is -1.46. The van der Waals surface area contributed by atoms with E-state index in [-0.39, 0.29) is 12.3 Å². The molecule has 0 saturated heterocycles. The molecule has 0 aliphatic heterocycles. The fourth-order valence-electron chi connectivity index (χ4n) is 1.99.